The van der Waals surface area contributed by atoms with Crippen molar-refractivity contribution in [2.24, 2.45) is 0 Å². The van der Waals surface area contributed by atoms with Crippen LogP contribution in [0.4, 0.5) is 5.69 Å². The fourth-order valence-electron chi connectivity index (χ4n) is 2.76. The molecule has 0 aliphatic heterocycles. The van der Waals surface area contributed by atoms with Gasteiger partial charge in [-0.3, -0.25) is 9.59 Å². The van der Waals surface area contributed by atoms with Gasteiger partial charge in [0.2, 0.25) is 0 Å². The first kappa shape index (κ1) is 18.5. The van der Waals surface area contributed by atoms with Crippen LogP contribution in [0, 0.1) is 0 Å². The number of rotatable bonds is 8. The molecule has 140 valence electrons. The molecule has 0 saturated carbocycles. The lowest BCUT2D eigenvalue weighted by Gasteiger charge is -2.19. The smallest absolute Gasteiger partial charge is 0.286 e. The van der Waals surface area contributed by atoms with E-state index in [0.717, 1.165) is 18.7 Å². The summed E-state index contributed by atoms with van der Waals surface area (Å²) in [6, 6.07) is 18.4. The van der Waals surface area contributed by atoms with Crippen LogP contribution in [0.3, 0.4) is 0 Å². The van der Waals surface area contributed by atoms with Gasteiger partial charge in [0.25, 0.3) is 11.5 Å². The topological polar surface area (TPSA) is 67.5 Å². The molecule has 0 bridgehead atoms. The van der Waals surface area contributed by atoms with E-state index in [1.165, 1.54) is 10.6 Å². The third-order valence-electron chi connectivity index (χ3n) is 4.26. The Balaban J connectivity index is 1.46. The third kappa shape index (κ3) is 5.10. The number of aromatic nitrogens is 1. The Morgan fingerprint density at radius 2 is 1.85 bits per heavy atom. The lowest BCUT2D eigenvalue weighted by molar-refractivity contribution is 0.0923. The summed E-state index contributed by atoms with van der Waals surface area (Å²) < 4.78 is 7.10. The molecule has 0 fully saturated rings. The van der Waals surface area contributed by atoms with E-state index in [0.29, 0.717) is 18.8 Å². The van der Waals surface area contributed by atoms with E-state index in [2.05, 4.69) is 22.3 Å². The molecule has 0 spiro atoms. The predicted octanol–water partition coefficient (Wildman–Crippen LogP) is 2.75. The van der Waals surface area contributed by atoms with Crippen molar-refractivity contribution in [1.29, 1.82) is 0 Å². The maximum Gasteiger partial charge on any atom is 0.286 e. The maximum atomic E-state index is 12.2. The van der Waals surface area contributed by atoms with Gasteiger partial charge in [-0.25, -0.2) is 0 Å². The number of furan rings is 1. The Kier molecular flexibility index (Phi) is 6.10. The van der Waals surface area contributed by atoms with Gasteiger partial charge in [0.1, 0.15) is 5.76 Å². The predicted molar refractivity (Wildman–Crippen MR) is 105 cm³/mol. The number of pyridine rings is 1. The molecule has 1 amide bonds. The van der Waals surface area contributed by atoms with Crippen LogP contribution in [0.5, 0.6) is 0 Å². The fourth-order valence-corrected chi connectivity index (χ4v) is 2.76. The van der Waals surface area contributed by atoms with Crippen LogP contribution in [0.25, 0.3) is 0 Å². The number of carbonyl (C=O) groups excluding carboxylic acids is 1. The standard InChI is InChI=1S/C21H23N3O3/c1-23(17-8-3-2-4-9-17)14-7-13-22-21(26)19-12-11-18(27-19)16-24-15-6-5-10-20(24)25/h2-6,8-12,15H,7,13-14,16H2,1H3,(H,22,26). The molecular weight excluding hydrogens is 342 g/mol. The van der Waals surface area contributed by atoms with E-state index in [4.69, 9.17) is 4.42 Å². The van der Waals surface area contributed by atoms with Crippen LogP contribution in [0.15, 0.2) is 76.1 Å². The zero-order chi connectivity index (χ0) is 19.1. The minimum Gasteiger partial charge on any atom is -0.454 e. The number of nitrogens with one attached hydrogen (secondary N) is 1. The molecule has 3 aromatic rings. The van der Waals surface area contributed by atoms with E-state index in [-0.39, 0.29) is 17.2 Å². The van der Waals surface area contributed by atoms with Crippen molar-refractivity contribution >= 4 is 11.6 Å². The molecule has 2 aromatic heterocycles. The van der Waals surface area contributed by atoms with Crippen LogP contribution in [0.1, 0.15) is 22.7 Å². The fraction of sp³-hybridized carbons (Fsp3) is 0.238. The van der Waals surface area contributed by atoms with E-state index in [1.54, 1.807) is 30.5 Å². The number of benzene rings is 1. The number of anilines is 1. The zero-order valence-corrected chi connectivity index (χ0v) is 15.3. The normalized spacial score (nSPS) is 10.6. The van der Waals surface area contributed by atoms with Crippen LogP contribution in [-0.4, -0.2) is 30.6 Å². The quantitative estimate of drug-likeness (QED) is 0.623. The van der Waals surface area contributed by atoms with Crippen LogP contribution in [-0.2, 0) is 6.54 Å². The van der Waals surface area contributed by atoms with E-state index >= 15 is 0 Å². The SMILES string of the molecule is CN(CCCNC(=O)c1ccc(Cn2ccccc2=O)o1)c1ccccc1. The second-order valence-corrected chi connectivity index (χ2v) is 6.30. The van der Waals surface area contributed by atoms with E-state index < -0.39 is 0 Å². The Labute approximate surface area is 158 Å². The second-order valence-electron chi connectivity index (χ2n) is 6.30. The molecule has 1 aromatic carbocycles. The summed E-state index contributed by atoms with van der Waals surface area (Å²) in [5.41, 5.74) is 1.04. The Morgan fingerprint density at radius 1 is 1.07 bits per heavy atom. The van der Waals surface area contributed by atoms with Crippen molar-refractivity contribution in [2.45, 2.75) is 13.0 Å². The Morgan fingerprint density at radius 3 is 2.63 bits per heavy atom. The van der Waals surface area contributed by atoms with Crippen molar-refractivity contribution in [3.63, 3.8) is 0 Å². The van der Waals surface area contributed by atoms with Crippen molar-refractivity contribution in [3.05, 3.63) is 88.7 Å². The number of hydrogen-bond acceptors (Lipinski definition) is 4. The van der Waals surface area contributed by atoms with Gasteiger partial charge >= 0.3 is 0 Å². The molecule has 0 aliphatic rings. The number of nitrogens with zero attached hydrogens (tertiary/aromatic N) is 2. The summed E-state index contributed by atoms with van der Waals surface area (Å²) in [6.07, 6.45) is 2.51. The number of para-hydroxylation sites is 1. The van der Waals surface area contributed by atoms with Crippen LogP contribution >= 0.6 is 0 Å². The highest BCUT2D eigenvalue weighted by atomic mass is 16.4. The number of hydrogen-bond donors (Lipinski definition) is 1. The first-order valence-electron chi connectivity index (χ1n) is 8.92. The zero-order valence-electron chi connectivity index (χ0n) is 15.3. The van der Waals surface area contributed by atoms with Gasteiger partial charge in [-0.1, -0.05) is 24.3 Å². The first-order chi connectivity index (χ1) is 13.1. The van der Waals surface area contributed by atoms with Crippen molar-refractivity contribution < 1.29 is 9.21 Å². The number of carbonyl (C=O) groups is 1. The highest BCUT2D eigenvalue weighted by Gasteiger charge is 2.11. The van der Waals surface area contributed by atoms with E-state index in [9.17, 15) is 9.59 Å². The maximum absolute atomic E-state index is 12.2. The molecule has 1 N–H and O–H groups in total. The minimum absolute atomic E-state index is 0.109. The highest BCUT2D eigenvalue weighted by Crippen LogP contribution is 2.11. The van der Waals surface area contributed by atoms with Crippen LogP contribution in [0.2, 0.25) is 0 Å². The summed E-state index contributed by atoms with van der Waals surface area (Å²) in [5, 5.41) is 2.87. The molecule has 0 atom stereocenters. The molecule has 3 rings (SSSR count). The molecule has 6 nitrogen and oxygen atoms in total. The molecule has 0 saturated heterocycles. The van der Waals surface area contributed by atoms with Gasteiger partial charge in [-0.2, -0.15) is 0 Å². The van der Waals surface area contributed by atoms with Gasteiger partial charge in [-0.15, -0.1) is 0 Å². The van der Waals surface area contributed by atoms with Crippen molar-refractivity contribution in [3.8, 4) is 0 Å². The van der Waals surface area contributed by atoms with Gasteiger partial charge in [0.05, 0.1) is 6.54 Å². The van der Waals surface area contributed by atoms with E-state index in [1.807, 2.05) is 25.2 Å². The minimum atomic E-state index is -0.246. The molecule has 0 radical (unpaired) electrons. The molecular formula is C21H23N3O3. The third-order valence-corrected chi connectivity index (χ3v) is 4.26. The molecule has 6 heteroatoms. The molecule has 0 unspecified atom stereocenters. The average molecular weight is 365 g/mol. The summed E-state index contributed by atoms with van der Waals surface area (Å²) in [7, 11) is 2.03. The molecule has 27 heavy (non-hydrogen) atoms. The van der Waals surface area contributed by atoms with Crippen LogP contribution < -0.4 is 15.8 Å². The second kappa shape index (κ2) is 8.89. The summed E-state index contributed by atoms with van der Waals surface area (Å²) in [4.78, 5) is 26.1. The lowest BCUT2D eigenvalue weighted by atomic mass is 10.3. The van der Waals surface area contributed by atoms with Gasteiger partial charge in [-0.05, 0) is 36.8 Å². The van der Waals surface area contributed by atoms with Gasteiger partial charge in [0.15, 0.2) is 5.76 Å². The number of amides is 1. The largest absolute Gasteiger partial charge is 0.454 e. The summed E-state index contributed by atoms with van der Waals surface area (Å²) in [6.45, 7) is 1.70. The van der Waals surface area contributed by atoms with Crippen molar-refractivity contribution in [1.82, 2.24) is 9.88 Å². The van der Waals surface area contributed by atoms with Gasteiger partial charge < -0.3 is 19.2 Å². The summed E-state index contributed by atoms with van der Waals surface area (Å²) in [5.74, 6) is 0.576. The summed E-state index contributed by atoms with van der Waals surface area (Å²) >= 11 is 0. The highest BCUT2D eigenvalue weighted by molar-refractivity contribution is 5.91. The Hall–Kier alpha value is -3.28. The van der Waals surface area contributed by atoms with Gasteiger partial charge in [0, 0.05) is 38.1 Å². The molecule has 0 aliphatic carbocycles. The monoisotopic (exact) mass is 365 g/mol. The average Bonchev–Trinajstić information content (AvgIpc) is 3.16. The van der Waals surface area contributed by atoms with Crippen molar-refractivity contribution in [2.75, 3.05) is 25.0 Å². The lowest BCUT2D eigenvalue weighted by Crippen LogP contribution is -2.27. The molecule has 2 heterocycles. The first-order valence-corrected chi connectivity index (χ1v) is 8.92. The Bertz CT molecular complexity index is 931.